The number of hydrogen-bond donors (Lipinski definition) is 1. The summed E-state index contributed by atoms with van der Waals surface area (Å²) in [5.41, 5.74) is 0.313. The maximum Gasteiger partial charge on any atom is 0.306 e. The summed E-state index contributed by atoms with van der Waals surface area (Å²) in [5.74, 6) is -1.38. The number of anilines is 1. The molecular weight excluding hydrogens is 290 g/mol. The van der Waals surface area contributed by atoms with E-state index in [1.165, 1.54) is 18.2 Å². The van der Waals surface area contributed by atoms with Crippen molar-refractivity contribution in [2.75, 3.05) is 5.32 Å². The number of nitro benzene ring substituents is 1. The SMILES string of the molecule is O=[N+]([O-])c1cc(NCc2cc(F)cc(Cl)c2)ccc1F. The minimum absolute atomic E-state index is 0.209. The molecule has 7 heteroatoms. The van der Waals surface area contributed by atoms with E-state index in [0.29, 0.717) is 11.3 Å². The van der Waals surface area contributed by atoms with E-state index in [1.54, 1.807) is 6.07 Å². The van der Waals surface area contributed by atoms with Gasteiger partial charge in [-0.1, -0.05) is 11.6 Å². The van der Waals surface area contributed by atoms with Crippen molar-refractivity contribution in [2.24, 2.45) is 0 Å². The van der Waals surface area contributed by atoms with E-state index in [1.807, 2.05) is 0 Å². The summed E-state index contributed by atoms with van der Waals surface area (Å²) in [4.78, 5) is 9.80. The lowest BCUT2D eigenvalue weighted by Gasteiger charge is -2.07. The maximum atomic E-state index is 13.2. The molecule has 0 radical (unpaired) electrons. The highest BCUT2D eigenvalue weighted by atomic mass is 35.5. The van der Waals surface area contributed by atoms with E-state index in [9.17, 15) is 18.9 Å². The van der Waals surface area contributed by atoms with Gasteiger partial charge in [0.1, 0.15) is 5.82 Å². The topological polar surface area (TPSA) is 55.2 Å². The summed E-state index contributed by atoms with van der Waals surface area (Å²) >= 11 is 5.71. The second-order valence-electron chi connectivity index (χ2n) is 4.05. The van der Waals surface area contributed by atoms with Gasteiger partial charge in [0.05, 0.1) is 4.92 Å². The monoisotopic (exact) mass is 298 g/mol. The fourth-order valence-corrected chi connectivity index (χ4v) is 1.92. The highest BCUT2D eigenvalue weighted by molar-refractivity contribution is 6.30. The van der Waals surface area contributed by atoms with Crippen LogP contribution in [0, 0.1) is 21.7 Å². The minimum atomic E-state index is -0.908. The lowest BCUT2D eigenvalue weighted by atomic mass is 10.2. The molecule has 0 aliphatic heterocycles. The number of hydrogen-bond acceptors (Lipinski definition) is 3. The molecule has 0 unspecified atom stereocenters. The highest BCUT2D eigenvalue weighted by Crippen LogP contribution is 2.22. The van der Waals surface area contributed by atoms with Crippen molar-refractivity contribution in [3.63, 3.8) is 0 Å². The highest BCUT2D eigenvalue weighted by Gasteiger charge is 2.14. The van der Waals surface area contributed by atoms with Crippen LogP contribution in [-0.4, -0.2) is 4.92 Å². The third kappa shape index (κ3) is 3.42. The van der Waals surface area contributed by atoms with E-state index in [2.05, 4.69) is 5.32 Å². The lowest BCUT2D eigenvalue weighted by Crippen LogP contribution is -2.01. The first-order chi connectivity index (χ1) is 9.45. The predicted molar refractivity (Wildman–Crippen MR) is 71.8 cm³/mol. The molecular formula is C13H9ClF2N2O2. The molecule has 20 heavy (non-hydrogen) atoms. The van der Waals surface area contributed by atoms with Crippen molar-refractivity contribution in [1.82, 2.24) is 0 Å². The Labute approximate surface area is 118 Å². The Hall–Kier alpha value is -2.21. The molecule has 0 aromatic heterocycles. The van der Waals surface area contributed by atoms with Gasteiger partial charge in [-0.2, -0.15) is 4.39 Å². The molecule has 0 spiro atoms. The number of halogens is 3. The van der Waals surface area contributed by atoms with Crippen molar-refractivity contribution in [3.8, 4) is 0 Å². The fraction of sp³-hybridized carbons (Fsp3) is 0.0769. The van der Waals surface area contributed by atoms with Gasteiger partial charge in [0.15, 0.2) is 0 Å². The lowest BCUT2D eigenvalue weighted by molar-refractivity contribution is -0.387. The van der Waals surface area contributed by atoms with Crippen LogP contribution in [0.2, 0.25) is 5.02 Å². The van der Waals surface area contributed by atoms with Gasteiger partial charge in [-0.25, -0.2) is 4.39 Å². The molecule has 0 aliphatic carbocycles. The normalized spacial score (nSPS) is 10.3. The van der Waals surface area contributed by atoms with Crippen molar-refractivity contribution in [1.29, 1.82) is 0 Å². The van der Waals surface area contributed by atoms with Crippen molar-refractivity contribution in [2.45, 2.75) is 6.54 Å². The Kier molecular flexibility index (Phi) is 4.14. The first-order valence-corrected chi connectivity index (χ1v) is 5.96. The van der Waals surface area contributed by atoms with Gasteiger partial charge in [0.2, 0.25) is 5.82 Å². The van der Waals surface area contributed by atoms with E-state index in [4.69, 9.17) is 11.6 Å². The Morgan fingerprint density at radius 1 is 1.20 bits per heavy atom. The number of nitrogens with zero attached hydrogens (tertiary/aromatic N) is 1. The number of nitrogens with one attached hydrogen (secondary N) is 1. The number of nitro groups is 1. The molecule has 104 valence electrons. The molecule has 2 aromatic rings. The summed E-state index contributed by atoms with van der Waals surface area (Å²) in [6.45, 7) is 0.209. The van der Waals surface area contributed by atoms with E-state index in [0.717, 1.165) is 12.1 Å². The van der Waals surface area contributed by atoms with Gasteiger partial charge in [-0.15, -0.1) is 0 Å². The van der Waals surface area contributed by atoms with Crippen LogP contribution in [0.5, 0.6) is 0 Å². The van der Waals surface area contributed by atoms with Gasteiger partial charge in [0, 0.05) is 23.3 Å². The second kappa shape index (κ2) is 5.83. The zero-order valence-corrected chi connectivity index (χ0v) is 10.8. The van der Waals surface area contributed by atoms with Crippen LogP contribution < -0.4 is 5.32 Å². The zero-order chi connectivity index (χ0) is 14.7. The molecule has 0 saturated carbocycles. The van der Waals surface area contributed by atoms with Gasteiger partial charge < -0.3 is 5.32 Å². The quantitative estimate of drug-likeness (QED) is 0.682. The molecule has 0 aliphatic rings. The summed E-state index contributed by atoms with van der Waals surface area (Å²) in [6.07, 6.45) is 0. The zero-order valence-electron chi connectivity index (χ0n) is 10.1. The predicted octanol–water partition coefficient (Wildman–Crippen LogP) is 4.14. The average Bonchev–Trinajstić information content (AvgIpc) is 2.36. The largest absolute Gasteiger partial charge is 0.381 e. The maximum absolute atomic E-state index is 13.2. The van der Waals surface area contributed by atoms with Crippen LogP contribution in [0.15, 0.2) is 36.4 Å². The van der Waals surface area contributed by atoms with Crippen LogP contribution in [0.1, 0.15) is 5.56 Å². The fourth-order valence-electron chi connectivity index (χ4n) is 1.68. The molecule has 4 nitrogen and oxygen atoms in total. The van der Waals surface area contributed by atoms with Crippen molar-refractivity contribution < 1.29 is 13.7 Å². The molecule has 2 rings (SSSR count). The van der Waals surface area contributed by atoms with Gasteiger partial charge in [-0.3, -0.25) is 10.1 Å². The van der Waals surface area contributed by atoms with Crippen LogP contribution in [-0.2, 0) is 6.54 Å². The van der Waals surface area contributed by atoms with Gasteiger partial charge in [-0.05, 0) is 35.9 Å². The van der Waals surface area contributed by atoms with E-state index >= 15 is 0 Å². The van der Waals surface area contributed by atoms with Crippen LogP contribution in [0.25, 0.3) is 0 Å². The molecule has 1 N–H and O–H groups in total. The summed E-state index contributed by atoms with van der Waals surface area (Å²) < 4.78 is 26.3. The number of benzene rings is 2. The first-order valence-electron chi connectivity index (χ1n) is 5.58. The van der Waals surface area contributed by atoms with E-state index < -0.39 is 22.2 Å². The second-order valence-corrected chi connectivity index (χ2v) is 4.49. The Morgan fingerprint density at radius 2 is 1.95 bits per heavy atom. The van der Waals surface area contributed by atoms with Crippen LogP contribution in [0.4, 0.5) is 20.2 Å². The molecule has 0 amide bonds. The summed E-state index contributed by atoms with van der Waals surface area (Å²) in [6, 6.07) is 7.47. The first kappa shape index (κ1) is 14.2. The third-order valence-electron chi connectivity index (χ3n) is 2.56. The Morgan fingerprint density at radius 3 is 2.60 bits per heavy atom. The minimum Gasteiger partial charge on any atom is -0.381 e. The molecule has 0 saturated heterocycles. The average molecular weight is 299 g/mol. The standard InChI is InChI=1S/C13H9ClF2N2O2/c14-9-3-8(4-10(15)5-9)7-17-11-1-2-12(16)13(6-11)18(19)20/h1-6,17H,7H2. The van der Waals surface area contributed by atoms with Gasteiger partial charge >= 0.3 is 5.69 Å². The van der Waals surface area contributed by atoms with Gasteiger partial charge in [0.25, 0.3) is 0 Å². The van der Waals surface area contributed by atoms with Crippen molar-refractivity contribution in [3.05, 3.63) is 68.7 Å². The summed E-state index contributed by atoms with van der Waals surface area (Å²) in [7, 11) is 0. The third-order valence-corrected chi connectivity index (χ3v) is 2.78. The molecule has 0 fully saturated rings. The van der Waals surface area contributed by atoms with E-state index in [-0.39, 0.29) is 11.6 Å². The van der Waals surface area contributed by atoms with Crippen molar-refractivity contribution >= 4 is 23.0 Å². The Bertz CT molecular complexity index is 645. The van der Waals surface area contributed by atoms with Crippen LogP contribution >= 0.6 is 11.6 Å². The molecule has 0 bridgehead atoms. The Balaban J connectivity index is 2.14. The molecule has 0 heterocycles. The molecule has 2 aromatic carbocycles. The molecule has 0 atom stereocenters. The number of rotatable bonds is 4. The summed E-state index contributed by atoms with van der Waals surface area (Å²) in [5, 5.41) is 13.7. The smallest absolute Gasteiger partial charge is 0.306 e. The van der Waals surface area contributed by atoms with Crippen LogP contribution in [0.3, 0.4) is 0 Å².